The van der Waals surface area contributed by atoms with Crippen LogP contribution in [0.3, 0.4) is 0 Å². The molecule has 0 radical (unpaired) electrons. The lowest BCUT2D eigenvalue weighted by molar-refractivity contribution is 0.328. The Morgan fingerprint density at radius 3 is 2.71 bits per heavy atom. The second-order valence-corrected chi connectivity index (χ2v) is 5.42. The molecule has 0 aromatic carbocycles. The second-order valence-electron chi connectivity index (χ2n) is 4.48. The molecule has 3 heteroatoms. The van der Waals surface area contributed by atoms with Crippen molar-refractivity contribution >= 4 is 11.3 Å². The lowest BCUT2D eigenvalue weighted by Crippen LogP contribution is -2.28. The van der Waals surface area contributed by atoms with Gasteiger partial charge in [-0.15, -0.1) is 11.3 Å². The van der Waals surface area contributed by atoms with Crippen LogP contribution in [0.15, 0.2) is 5.51 Å². The number of nitrogens with one attached hydrogen (secondary N) is 1. The third-order valence-electron chi connectivity index (χ3n) is 2.69. The number of thiazole rings is 1. The van der Waals surface area contributed by atoms with Gasteiger partial charge in [-0.05, 0) is 18.8 Å². The molecule has 1 aromatic heterocycles. The first-order chi connectivity index (χ1) is 6.55. The maximum absolute atomic E-state index is 4.23. The predicted molar refractivity (Wildman–Crippen MR) is 62.6 cm³/mol. The van der Waals surface area contributed by atoms with Gasteiger partial charge in [-0.2, -0.15) is 0 Å². The molecule has 1 N–H and O–H groups in total. The molecule has 1 aromatic rings. The predicted octanol–water partition coefficient (Wildman–Crippen LogP) is 2.98. The minimum Gasteiger partial charge on any atom is -0.311 e. The zero-order chi connectivity index (χ0) is 10.6. The zero-order valence-electron chi connectivity index (χ0n) is 9.55. The van der Waals surface area contributed by atoms with E-state index < -0.39 is 0 Å². The van der Waals surface area contributed by atoms with Gasteiger partial charge < -0.3 is 5.32 Å². The SMILES string of the molecule is CCC(C)(C)CNCc1scnc1C. The van der Waals surface area contributed by atoms with Gasteiger partial charge in [0.25, 0.3) is 0 Å². The van der Waals surface area contributed by atoms with E-state index in [1.807, 2.05) is 5.51 Å². The standard InChI is InChI=1S/C11H20N2S/c1-5-11(3,4)7-12-6-10-9(2)13-8-14-10/h8,12H,5-7H2,1-4H3. The molecule has 1 rings (SSSR count). The van der Waals surface area contributed by atoms with Gasteiger partial charge in [-0.1, -0.05) is 20.8 Å². The average Bonchev–Trinajstić information content (AvgIpc) is 2.52. The molecule has 0 aliphatic carbocycles. The van der Waals surface area contributed by atoms with E-state index in [0.29, 0.717) is 5.41 Å². The number of hydrogen-bond donors (Lipinski definition) is 1. The maximum Gasteiger partial charge on any atom is 0.0798 e. The Morgan fingerprint density at radius 1 is 1.50 bits per heavy atom. The summed E-state index contributed by atoms with van der Waals surface area (Å²) in [7, 11) is 0. The Kier molecular flexibility index (Phi) is 4.08. The zero-order valence-corrected chi connectivity index (χ0v) is 10.4. The van der Waals surface area contributed by atoms with Crippen molar-refractivity contribution in [1.29, 1.82) is 0 Å². The van der Waals surface area contributed by atoms with Gasteiger partial charge in [-0.25, -0.2) is 4.98 Å². The summed E-state index contributed by atoms with van der Waals surface area (Å²) >= 11 is 1.73. The fourth-order valence-corrected chi connectivity index (χ4v) is 1.88. The summed E-state index contributed by atoms with van der Waals surface area (Å²) in [5.41, 5.74) is 3.48. The minimum atomic E-state index is 0.401. The van der Waals surface area contributed by atoms with Crippen LogP contribution in [-0.2, 0) is 6.54 Å². The summed E-state index contributed by atoms with van der Waals surface area (Å²) < 4.78 is 0. The van der Waals surface area contributed by atoms with Gasteiger partial charge in [-0.3, -0.25) is 0 Å². The van der Waals surface area contributed by atoms with E-state index >= 15 is 0 Å². The molecule has 0 unspecified atom stereocenters. The molecule has 0 aliphatic heterocycles. The van der Waals surface area contributed by atoms with Crippen LogP contribution in [0.25, 0.3) is 0 Å². The number of hydrogen-bond acceptors (Lipinski definition) is 3. The number of rotatable bonds is 5. The van der Waals surface area contributed by atoms with Crippen molar-refractivity contribution in [3.63, 3.8) is 0 Å². The third kappa shape index (κ3) is 3.39. The maximum atomic E-state index is 4.23. The largest absolute Gasteiger partial charge is 0.311 e. The van der Waals surface area contributed by atoms with E-state index in [1.165, 1.54) is 11.3 Å². The molecule has 0 atom stereocenters. The summed E-state index contributed by atoms with van der Waals surface area (Å²) in [6, 6.07) is 0. The molecule has 0 aliphatic rings. The quantitative estimate of drug-likeness (QED) is 0.811. The molecule has 0 saturated heterocycles. The molecule has 0 spiro atoms. The molecule has 1 heterocycles. The van der Waals surface area contributed by atoms with Crippen LogP contribution in [0.5, 0.6) is 0 Å². The second kappa shape index (κ2) is 4.89. The fourth-order valence-electron chi connectivity index (χ4n) is 1.14. The highest BCUT2D eigenvalue weighted by Gasteiger charge is 2.14. The van der Waals surface area contributed by atoms with Gasteiger partial charge in [0.2, 0.25) is 0 Å². The van der Waals surface area contributed by atoms with Crippen LogP contribution in [0.1, 0.15) is 37.8 Å². The Hall–Kier alpha value is -0.410. The van der Waals surface area contributed by atoms with Crippen LogP contribution >= 0.6 is 11.3 Å². The Morgan fingerprint density at radius 2 is 2.21 bits per heavy atom. The summed E-state index contributed by atoms with van der Waals surface area (Å²) in [4.78, 5) is 5.59. The number of nitrogens with zero attached hydrogens (tertiary/aromatic N) is 1. The van der Waals surface area contributed by atoms with Gasteiger partial charge in [0, 0.05) is 18.0 Å². The highest BCUT2D eigenvalue weighted by Crippen LogP contribution is 2.18. The van der Waals surface area contributed by atoms with E-state index in [2.05, 4.69) is 38.0 Å². The molecule has 80 valence electrons. The van der Waals surface area contributed by atoms with Crippen LogP contribution in [0.4, 0.5) is 0 Å². The van der Waals surface area contributed by atoms with Gasteiger partial charge in [0.1, 0.15) is 0 Å². The molecular weight excluding hydrogens is 192 g/mol. The number of aryl methyl sites for hydroxylation is 1. The first-order valence-electron chi connectivity index (χ1n) is 5.15. The van der Waals surface area contributed by atoms with Crippen LogP contribution in [-0.4, -0.2) is 11.5 Å². The topological polar surface area (TPSA) is 24.9 Å². The van der Waals surface area contributed by atoms with Crippen molar-refractivity contribution in [2.45, 2.75) is 40.7 Å². The van der Waals surface area contributed by atoms with Crippen molar-refractivity contribution in [3.8, 4) is 0 Å². The van der Waals surface area contributed by atoms with Gasteiger partial charge in [0.15, 0.2) is 0 Å². The van der Waals surface area contributed by atoms with Crippen molar-refractivity contribution in [2.75, 3.05) is 6.54 Å². The van der Waals surface area contributed by atoms with Gasteiger partial charge >= 0.3 is 0 Å². The summed E-state index contributed by atoms with van der Waals surface area (Å²) in [5.74, 6) is 0. The lowest BCUT2D eigenvalue weighted by atomic mass is 9.90. The van der Waals surface area contributed by atoms with E-state index in [0.717, 1.165) is 18.8 Å². The van der Waals surface area contributed by atoms with Crippen molar-refractivity contribution < 1.29 is 0 Å². The first kappa shape index (κ1) is 11.7. The van der Waals surface area contributed by atoms with E-state index in [4.69, 9.17) is 0 Å². The lowest BCUT2D eigenvalue weighted by Gasteiger charge is -2.22. The van der Waals surface area contributed by atoms with Crippen LogP contribution in [0.2, 0.25) is 0 Å². The van der Waals surface area contributed by atoms with Crippen LogP contribution in [0, 0.1) is 12.3 Å². The molecule has 0 bridgehead atoms. The fraction of sp³-hybridized carbons (Fsp3) is 0.727. The third-order valence-corrected chi connectivity index (χ3v) is 3.63. The van der Waals surface area contributed by atoms with Gasteiger partial charge in [0.05, 0.1) is 11.2 Å². The number of aromatic nitrogens is 1. The molecular formula is C11H20N2S. The van der Waals surface area contributed by atoms with E-state index in [9.17, 15) is 0 Å². The van der Waals surface area contributed by atoms with Crippen molar-refractivity contribution in [3.05, 3.63) is 16.1 Å². The first-order valence-corrected chi connectivity index (χ1v) is 6.03. The van der Waals surface area contributed by atoms with E-state index in [-0.39, 0.29) is 0 Å². The van der Waals surface area contributed by atoms with Crippen LogP contribution < -0.4 is 5.32 Å². The Bertz CT molecular complexity index is 279. The Labute approximate surface area is 90.8 Å². The minimum absolute atomic E-state index is 0.401. The average molecular weight is 212 g/mol. The highest BCUT2D eigenvalue weighted by molar-refractivity contribution is 7.09. The highest BCUT2D eigenvalue weighted by atomic mass is 32.1. The molecule has 14 heavy (non-hydrogen) atoms. The Balaban J connectivity index is 2.32. The summed E-state index contributed by atoms with van der Waals surface area (Å²) in [6.45, 7) is 10.9. The molecule has 0 amide bonds. The summed E-state index contributed by atoms with van der Waals surface area (Å²) in [6.07, 6.45) is 1.21. The molecule has 0 fully saturated rings. The molecule has 2 nitrogen and oxygen atoms in total. The molecule has 0 saturated carbocycles. The van der Waals surface area contributed by atoms with E-state index in [1.54, 1.807) is 11.3 Å². The van der Waals surface area contributed by atoms with Crippen molar-refractivity contribution in [1.82, 2.24) is 10.3 Å². The van der Waals surface area contributed by atoms with Crippen molar-refractivity contribution in [2.24, 2.45) is 5.41 Å². The monoisotopic (exact) mass is 212 g/mol. The summed E-state index contributed by atoms with van der Waals surface area (Å²) in [5, 5.41) is 3.49. The normalized spacial score (nSPS) is 12.0. The smallest absolute Gasteiger partial charge is 0.0798 e.